The lowest BCUT2D eigenvalue weighted by Crippen LogP contribution is -2.10. The van der Waals surface area contributed by atoms with Crippen molar-refractivity contribution in [1.29, 1.82) is 0 Å². The Labute approximate surface area is 123 Å². The van der Waals surface area contributed by atoms with E-state index in [0.717, 1.165) is 24.2 Å². The van der Waals surface area contributed by atoms with Crippen LogP contribution in [0.2, 0.25) is 0 Å². The number of aromatic carboxylic acids is 1. The molecule has 0 spiro atoms. The van der Waals surface area contributed by atoms with E-state index in [1.807, 2.05) is 47.2 Å². The molecule has 1 aromatic carbocycles. The van der Waals surface area contributed by atoms with E-state index in [0.29, 0.717) is 11.5 Å². The first-order chi connectivity index (χ1) is 10.3. The van der Waals surface area contributed by atoms with Crippen LogP contribution in [0.1, 0.15) is 16.8 Å². The molecule has 3 nitrogen and oxygen atoms in total. The molecule has 3 rings (SSSR count). The number of hydrogen-bond acceptors (Lipinski definition) is 1. The van der Waals surface area contributed by atoms with E-state index in [4.69, 9.17) is 0 Å². The van der Waals surface area contributed by atoms with Gasteiger partial charge in [0, 0.05) is 12.7 Å². The number of benzene rings is 1. The highest BCUT2D eigenvalue weighted by atomic mass is 16.4. The van der Waals surface area contributed by atoms with Crippen molar-refractivity contribution in [2.75, 3.05) is 0 Å². The maximum absolute atomic E-state index is 11.5. The smallest absolute Gasteiger partial charge is 0.337 e. The summed E-state index contributed by atoms with van der Waals surface area (Å²) in [5.41, 5.74) is 2.08. The number of aromatic nitrogens is 1. The molecule has 3 heteroatoms. The molecule has 1 aliphatic carbocycles. The fraction of sp³-hybridized carbons (Fsp3) is 0.167. The predicted octanol–water partition coefficient (Wildman–Crippen LogP) is 3.99. The molecule has 0 radical (unpaired) electrons. The van der Waals surface area contributed by atoms with Crippen LogP contribution in [0, 0.1) is 5.92 Å². The number of carboxylic acid groups (broad SMARTS) is 1. The van der Waals surface area contributed by atoms with Gasteiger partial charge in [-0.05, 0) is 24.0 Å². The largest absolute Gasteiger partial charge is 0.478 e. The van der Waals surface area contributed by atoms with Gasteiger partial charge >= 0.3 is 5.97 Å². The summed E-state index contributed by atoms with van der Waals surface area (Å²) in [5, 5.41) is 9.41. The lowest BCUT2D eigenvalue weighted by atomic mass is 10.0. The van der Waals surface area contributed by atoms with Gasteiger partial charge in [-0.3, -0.25) is 0 Å². The fourth-order valence-corrected chi connectivity index (χ4v) is 2.73. The molecule has 0 bridgehead atoms. The van der Waals surface area contributed by atoms with Gasteiger partial charge in [0.1, 0.15) is 0 Å². The van der Waals surface area contributed by atoms with Crippen LogP contribution in [-0.4, -0.2) is 15.6 Å². The van der Waals surface area contributed by atoms with Gasteiger partial charge in [0.15, 0.2) is 0 Å². The Morgan fingerprint density at radius 3 is 2.67 bits per heavy atom. The molecule has 0 amide bonds. The zero-order chi connectivity index (χ0) is 14.7. The minimum atomic E-state index is -0.883. The van der Waals surface area contributed by atoms with Crippen molar-refractivity contribution in [3.05, 3.63) is 72.5 Å². The normalized spacial score (nSPS) is 17.0. The van der Waals surface area contributed by atoms with Crippen molar-refractivity contribution < 1.29 is 9.90 Å². The van der Waals surface area contributed by atoms with E-state index in [1.165, 1.54) is 0 Å². The molecule has 21 heavy (non-hydrogen) atoms. The monoisotopic (exact) mass is 279 g/mol. The van der Waals surface area contributed by atoms with Crippen LogP contribution in [0.3, 0.4) is 0 Å². The summed E-state index contributed by atoms with van der Waals surface area (Å²) in [6.07, 6.45) is 11.3. The number of hydrogen-bond donors (Lipinski definition) is 1. The Balaban J connectivity index is 1.99. The van der Waals surface area contributed by atoms with Crippen molar-refractivity contribution in [1.82, 2.24) is 4.57 Å². The van der Waals surface area contributed by atoms with Gasteiger partial charge in [-0.2, -0.15) is 0 Å². The molecule has 1 aliphatic rings. The number of nitrogens with zero attached hydrogens (tertiary/aromatic N) is 1. The molecule has 1 heterocycles. The van der Waals surface area contributed by atoms with Crippen LogP contribution in [0.25, 0.3) is 11.3 Å². The predicted molar refractivity (Wildman–Crippen MR) is 83.2 cm³/mol. The minimum absolute atomic E-state index is 0.358. The van der Waals surface area contributed by atoms with Crippen molar-refractivity contribution in [2.24, 2.45) is 5.92 Å². The Morgan fingerprint density at radius 2 is 2.00 bits per heavy atom. The van der Waals surface area contributed by atoms with E-state index in [-0.39, 0.29) is 0 Å². The Morgan fingerprint density at radius 1 is 1.19 bits per heavy atom. The second kappa shape index (κ2) is 5.83. The minimum Gasteiger partial charge on any atom is -0.478 e. The summed E-state index contributed by atoms with van der Waals surface area (Å²) in [6.45, 7) is 0.790. The first-order valence-electron chi connectivity index (χ1n) is 7.07. The van der Waals surface area contributed by atoms with Crippen LogP contribution in [-0.2, 0) is 6.54 Å². The van der Waals surface area contributed by atoms with Gasteiger partial charge in [-0.1, -0.05) is 54.6 Å². The standard InChI is InChI=1S/C18H17NO2/c20-18(21)16-11-12-19(13-14-7-3-1-4-8-14)17(16)15-9-5-2-6-10-15/h1-7,9-12,14H,8,13H2,(H,20,21). The van der Waals surface area contributed by atoms with Crippen LogP contribution < -0.4 is 0 Å². The van der Waals surface area contributed by atoms with Crippen LogP contribution in [0.15, 0.2) is 66.9 Å². The van der Waals surface area contributed by atoms with Crippen molar-refractivity contribution >= 4 is 5.97 Å². The van der Waals surface area contributed by atoms with Crippen LogP contribution >= 0.6 is 0 Å². The average molecular weight is 279 g/mol. The zero-order valence-corrected chi connectivity index (χ0v) is 11.6. The van der Waals surface area contributed by atoms with E-state index >= 15 is 0 Å². The van der Waals surface area contributed by atoms with Gasteiger partial charge in [0.05, 0.1) is 11.3 Å². The van der Waals surface area contributed by atoms with E-state index in [2.05, 4.69) is 18.2 Å². The fourth-order valence-electron chi connectivity index (χ4n) is 2.73. The average Bonchev–Trinajstić information content (AvgIpc) is 2.93. The molecule has 106 valence electrons. The SMILES string of the molecule is O=C(O)c1ccn(CC2C=CC=CC2)c1-c1ccccc1. The van der Waals surface area contributed by atoms with Crippen molar-refractivity contribution in [3.63, 3.8) is 0 Å². The second-order valence-electron chi connectivity index (χ2n) is 5.21. The number of allylic oxidation sites excluding steroid dienone is 4. The van der Waals surface area contributed by atoms with Gasteiger partial charge < -0.3 is 9.67 Å². The van der Waals surface area contributed by atoms with Crippen LogP contribution in [0.4, 0.5) is 0 Å². The Hall–Kier alpha value is -2.55. The molecule has 1 atom stereocenters. The number of carbonyl (C=O) groups is 1. The third-order valence-corrected chi connectivity index (χ3v) is 3.74. The highest BCUT2D eigenvalue weighted by molar-refractivity contribution is 5.95. The topological polar surface area (TPSA) is 42.2 Å². The van der Waals surface area contributed by atoms with Gasteiger partial charge in [0.2, 0.25) is 0 Å². The third kappa shape index (κ3) is 2.82. The number of rotatable bonds is 4. The summed E-state index contributed by atoms with van der Waals surface area (Å²) in [5.74, 6) is -0.474. The molecule has 0 saturated heterocycles. The Kier molecular flexibility index (Phi) is 3.73. The van der Waals surface area contributed by atoms with Crippen molar-refractivity contribution in [3.8, 4) is 11.3 Å². The van der Waals surface area contributed by atoms with Gasteiger partial charge in [0.25, 0.3) is 0 Å². The maximum atomic E-state index is 11.5. The third-order valence-electron chi connectivity index (χ3n) is 3.74. The second-order valence-corrected chi connectivity index (χ2v) is 5.21. The van der Waals surface area contributed by atoms with Gasteiger partial charge in [-0.15, -0.1) is 0 Å². The molecular weight excluding hydrogens is 262 g/mol. The molecule has 1 N–H and O–H groups in total. The highest BCUT2D eigenvalue weighted by Crippen LogP contribution is 2.27. The van der Waals surface area contributed by atoms with E-state index < -0.39 is 5.97 Å². The molecular formula is C18H17NO2. The molecule has 0 aliphatic heterocycles. The summed E-state index contributed by atoms with van der Waals surface area (Å²) in [6, 6.07) is 11.4. The Bertz CT molecular complexity index is 695. The summed E-state index contributed by atoms with van der Waals surface area (Å²) in [4.78, 5) is 11.5. The van der Waals surface area contributed by atoms with E-state index in [9.17, 15) is 9.90 Å². The lowest BCUT2D eigenvalue weighted by Gasteiger charge is -2.17. The van der Waals surface area contributed by atoms with E-state index in [1.54, 1.807) is 6.07 Å². The summed E-state index contributed by atoms with van der Waals surface area (Å²) < 4.78 is 2.05. The molecule has 1 aromatic heterocycles. The molecule has 1 unspecified atom stereocenters. The highest BCUT2D eigenvalue weighted by Gasteiger charge is 2.18. The maximum Gasteiger partial charge on any atom is 0.337 e. The van der Waals surface area contributed by atoms with Gasteiger partial charge in [-0.25, -0.2) is 4.79 Å². The summed E-state index contributed by atoms with van der Waals surface area (Å²) >= 11 is 0. The summed E-state index contributed by atoms with van der Waals surface area (Å²) in [7, 11) is 0. The molecule has 0 fully saturated rings. The first-order valence-corrected chi connectivity index (χ1v) is 7.07. The first kappa shape index (κ1) is 13.4. The lowest BCUT2D eigenvalue weighted by molar-refractivity contribution is 0.0697. The number of carboxylic acids is 1. The molecule has 0 saturated carbocycles. The molecule has 2 aromatic rings. The zero-order valence-electron chi connectivity index (χ0n) is 11.6. The quantitative estimate of drug-likeness (QED) is 0.919. The van der Waals surface area contributed by atoms with Crippen LogP contribution in [0.5, 0.6) is 0 Å². The van der Waals surface area contributed by atoms with Crippen molar-refractivity contribution in [2.45, 2.75) is 13.0 Å².